The maximum absolute atomic E-state index is 11.8. The van der Waals surface area contributed by atoms with Gasteiger partial charge in [0.1, 0.15) is 0 Å². The molecule has 0 aliphatic carbocycles. The van der Waals surface area contributed by atoms with Crippen molar-refractivity contribution in [3.05, 3.63) is 59.9 Å². The van der Waals surface area contributed by atoms with Gasteiger partial charge in [-0.2, -0.15) is 0 Å². The Labute approximate surface area is 98.9 Å². The molecular formula is C13H12N2O2. The molecule has 0 radical (unpaired) electrons. The van der Waals surface area contributed by atoms with Crippen LogP contribution in [0, 0.1) is 0 Å². The molecule has 2 rings (SSSR count). The van der Waals surface area contributed by atoms with Gasteiger partial charge in [0.15, 0.2) is 0 Å². The second kappa shape index (κ2) is 5.23. The first kappa shape index (κ1) is 11.3. The van der Waals surface area contributed by atoms with Crippen LogP contribution in [0.15, 0.2) is 48.8 Å². The van der Waals surface area contributed by atoms with Gasteiger partial charge in [-0.1, -0.05) is 12.1 Å². The predicted molar refractivity (Wildman–Crippen MR) is 64.6 cm³/mol. The van der Waals surface area contributed by atoms with Crippen molar-refractivity contribution in [2.45, 2.75) is 6.61 Å². The third-order valence-electron chi connectivity index (χ3n) is 2.31. The van der Waals surface area contributed by atoms with Gasteiger partial charge >= 0.3 is 0 Å². The molecule has 4 nitrogen and oxygen atoms in total. The van der Waals surface area contributed by atoms with Crippen LogP contribution in [0.25, 0.3) is 0 Å². The van der Waals surface area contributed by atoms with Gasteiger partial charge in [0.05, 0.1) is 6.61 Å². The van der Waals surface area contributed by atoms with Crippen molar-refractivity contribution in [1.29, 1.82) is 0 Å². The van der Waals surface area contributed by atoms with Crippen molar-refractivity contribution in [1.82, 2.24) is 4.98 Å². The normalized spacial score (nSPS) is 9.94. The van der Waals surface area contributed by atoms with Gasteiger partial charge < -0.3 is 10.4 Å². The van der Waals surface area contributed by atoms with Crippen LogP contribution in [0.2, 0.25) is 0 Å². The monoisotopic (exact) mass is 228 g/mol. The lowest BCUT2D eigenvalue weighted by atomic mass is 10.2. The lowest BCUT2D eigenvalue weighted by Gasteiger charge is -2.06. The van der Waals surface area contributed by atoms with E-state index in [2.05, 4.69) is 10.3 Å². The van der Waals surface area contributed by atoms with E-state index in [0.717, 1.165) is 5.56 Å². The zero-order valence-electron chi connectivity index (χ0n) is 9.13. The van der Waals surface area contributed by atoms with Gasteiger partial charge in [0.2, 0.25) is 0 Å². The Hall–Kier alpha value is -2.20. The van der Waals surface area contributed by atoms with Crippen LogP contribution < -0.4 is 5.32 Å². The number of benzene rings is 1. The largest absolute Gasteiger partial charge is 0.392 e. The Morgan fingerprint density at radius 1 is 1.24 bits per heavy atom. The van der Waals surface area contributed by atoms with E-state index in [1.807, 2.05) is 0 Å². The summed E-state index contributed by atoms with van der Waals surface area (Å²) in [5, 5.41) is 11.7. The number of aliphatic hydroxyl groups is 1. The second-order valence-corrected chi connectivity index (χ2v) is 3.55. The number of carbonyl (C=O) groups excluding carboxylic acids is 1. The molecule has 2 aromatic rings. The molecule has 1 heterocycles. The number of pyridine rings is 1. The summed E-state index contributed by atoms with van der Waals surface area (Å²) in [6.45, 7) is -0.0427. The lowest BCUT2D eigenvalue weighted by Crippen LogP contribution is -2.11. The number of hydrogen-bond acceptors (Lipinski definition) is 3. The van der Waals surface area contributed by atoms with Crippen molar-refractivity contribution >= 4 is 11.6 Å². The maximum atomic E-state index is 11.8. The Bertz CT molecular complexity index is 512. The van der Waals surface area contributed by atoms with Gasteiger partial charge in [0, 0.05) is 23.6 Å². The minimum Gasteiger partial charge on any atom is -0.392 e. The number of anilines is 1. The summed E-state index contributed by atoms with van der Waals surface area (Å²) < 4.78 is 0. The summed E-state index contributed by atoms with van der Waals surface area (Å²) in [6, 6.07) is 10.4. The standard InChI is InChI=1S/C13H12N2O2/c16-9-10-2-1-3-12(8-10)15-13(17)11-4-6-14-7-5-11/h1-8,16H,9H2,(H,15,17). The molecule has 0 spiro atoms. The number of aromatic nitrogens is 1. The molecule has 0 fully saturated rings. The van der Waals surface area contributed by atoms with Crippen molar-refractivity contribution in [2.24, 2.45) is 0 Å². The fraction of sp³-hybridized carbons (Fsp3) is 0.0769. The predicted octanol–water partition coefficient (Wildman–Crippen LogP) is 1.83. The molecule has 1 aromatic carbocycles. The van der Waals surface area contributed by atoms with Crippen molar-refractivity contribution < 1.29 is 9.90 Å². The number of rotatable bonds is 3. The molecule has 2 N–H and O–H groups in total. The molecule has 0 bridgehead atoms. The average molecular weight is 228 g/mol. The van der Waals surface area contributed by atoms with Crippen LogP contribution in [0.5, 0.6) is 0 Å². The smallest absolute Gasteiger partial charge is 0.255 e. The average Bonchev–Trinajstić information content (AvgIpc) is 2.40. The molecule has 1 aromatic heterocycles. The maximum Gasteiger partial charge on any atom is 0.255 e. The van der Waals surface area contributed by atoms with Gasteiger partial charge in [0.25, 0.3) is 5.91 Å². The van der Waals surface area contributed by atoms with E-state index in [1.165, 1.54) is 0 Å². The van der Waals surface area contributed by atoms with Crippen LogP contribution >= 0.6 is 0 Å². The van der Waals surface area contributed by atoms with Crippen LogP contribution in [0.1, 0.15) is 15.9 Å². The summed E-state index contributed by atoms with van der Waals surface area (Å²) in [6.07, 6.45) is 3.14. The first-order valence-electron chi connectivity index (χ1n) is 5.21. The fourth-order valence-corrected chi connectivity index (χ4v) is 1.45. The third kappa shape index (κ3) is 2.89. The molecule has 4 heteroatoms. The van der Waals surface area contributed by atoms with Crippen LogP contribution in [-0.4, -0.2) is 16.0 Å². The summed E-state index contributed by atoms with van der Waals surface area (Å²) in [7, 11) is 0. The van der Waals surface area contributed by atoms with E-state index in [1.54, 1.807) is 48.8 Å². The zero-order chi connectivity index (χ0) is 12.1. The van der Waals surface area contributed by atoms with Crippen molar-refractivity contribution in [3.8, 4) is 0 Å². The Balaban J connectivity index is 2.13. The van der Waals surface area contributed by atoms with E-state index in [9.17, 15) is 4.79 Å². The molecule has 0 aliphatic heterocycles. The number of aliphatic hydroxyl groups excluding tert-OH is 1. The Morgan fingerprint density at radius 3 is 2.71 bits per heavy atom. The number of hydrogen-bond donors (Lipinski definition) is 2. The molecule has 1 amide bonds. The second-order valence-electron chi connectivity index (χ2n) is 3.55. The first-order valence-corrected chi connectivity index (χ1v) is 5.21. The summed E-state index contributed by atoms with van der Waals surface area (Å²) >= 11 is 0. The van der Waals surface area contributed by atoms with E-state index in [4.69, 9.17) is 5.11 Å². The van der Waals surface area contributed by atoms with E-state index in [-0.39, 0.29) is 12.5 Å². The van der Waals surface area contributed by atoms with E-state index >= 15 is 0 Å². The quantitative estimate of drug-likeness (QED) is 0.842. The van der Waals surface area contributed by atoms with Crippen molar-refractivity contribution in [3.63, 3.8) is 0 Å². The number of carbonyl (C=O) groups is 1. The molecule has 17 heavy (non-hydrogen) atoms. The molecule has 0 saturated carbocycles. The van der Waals surface area contributed by atoms with Gasteiger partial charge in [-0.3, -0.25) is 9.78 Å². The summed E-state index contributed by atoms with van der Waals surface area (Å²) in [4.78, 5) is 15.7. The summed E-state index contributed by atoms with van der Waals surface area (Å²) in [5.41, 5.74) is 1.98. The summed E-state index contributed by atoms with van der Waals surface area (Å²) in [5.74, 6) is -0.192. The molecule has 0 unspecified atom stereocenters. The zero-order valence-corrected chi connectivity index (χ0v) is 9.13. The van der Waals surface area contributed by atoms with E-state index in [0.29, 0.717) is 11.3 Å². The Morgan fingerprint density at radius 2 is 2.00 bits per heavy atom. The highest BCUT2D eigenvalue weighted by molar-refractivity contribution is 6.04. The van der Waals surface area contributed by atoms with Crippen LogP contribution in [-0.2, 0) is 6.61 Å². The number of nitrogens with zero attached hydrogens (tertiary/aromatic N) is 1. The number of nitrogens with one attached hydrogen (secondary N) is 1. The Kier molecular flexibility index (Phi) is 3.47. The van der Waals surface area contributed by atoms with Gasteiger partial charge in [-0.05, 0) is 29.8 Å². The minimum absolute atomic E-state index is 0.0427. The highest BCUT2D eigenvalue weighted by Gasteiger charge is 2.05. The number of amides is 1. The minimum atomic E-state index is -0.192. The molecular weight excluding hydrogens is 216 g/mol. The topological polar surface area (TPSA) is 62.2 Å². The molecule has 0 atom stereocenters. The van der Waals surface area contributed by atoms with Crippen LogP contribution in [0.3, 0.4) is 0 Å². The highest BCUT2D eigenvalue weighted by atomic mass is 16.3. The fourth-order valence-electron chi connectivity index (χ4n) is 1.45. The first-order chi connectivity index (χ1) is 8.29. The lowest BCUT2D eigenvalue weighted by molar-refractivity contribution is 0.102. The molecule has 0 aliphatic rings. The molecule has 86 valence electrons. The van der Waals surface area contributed by atoms with Crippen LogP contribution in [0.4, 0.5) is 5.69 Å². The SMILES string of the molecule is O=C(Nc1cccc(CO)c1)c1ccncc1. The van der Waals surface area contributed by atoms with Crippen molar-refractivity contribution in [2.75, 3.05) is 5.32 Å². The third-order valence-corrected chi connectivity index (χ3v) is 2.31. The highest BCUT2D eigenvalue weighted by Crippen LogP contribution is 2.12. The molecule has 0 saturated heterocycles. The van der Waals surface area contributed by atoms with E-state index < -0.39 is 0 Å². The van der Waals surface area contributed by atoms with Gasteiger partial charge in [-0.15, -0.1) is 0 Å². The van der Waals surface area contributed by atoms with Gasteiger partial charge in [-0.25, -0.2) is 0 Å².